The SMILES string of the molecule is O=c1c2ccc(N3CCN(S(=O)(=O)c4cnc[nH]4)CC3)cc2ncn1C1CCCC1. The summed E-state index contributed by atoms with van der Waals surface area (Å²) in [6.45, 7) is 1.90. The van der Waals surface area contributed by atoms with Crippen LogP contribution in [0.4, 0.5) is 5.69 Å². The molecule has 10 heteroatoms. The molecule has 0 atom stereocenters. The summed E-state index contributed by atoms with van der Waals surface area (Å²) in [6, 6.07) is 5.97. The summed E-state index contributed by atoms with van der Waals surface area (Å²) in [7, 11) is -3.55. The van der Waals surface area contributed by atoms with E-state index < -0.39 is 10.0 Å². The number of imidazole rings is 1. The minimum atomic E-state index is -3.55. The minimum absolute atomic E-state index is 0.0221. The van der Waals surface area contributed by atoms with Crippen LogP contribution >= 0.6 is 0 Å². The number of rotatable bonds is 4. The molecule has 3 heterocycles. The van der Waals surface area contributed by atoms with E-state index in [0.29, 0.717) is 37.1 Å². The van der Waals surface area contributed by atoms with Gasteiger partial charge in [-0.05, 0) is 31.0 Å². The van der Waals surface area contributed by atoms with Crippen LogP contribution in [0.2, 0.25) is 0 Å². The van der Waals surface area contributed by atoms with E-state index in [0.717, 1.165) is 31.4 Å². The molecule has 30 heavy (non-hydrogen) atoms. The first-order valence-electron chi connectivity index (χ1n) is 10.3. The fraction of sp³-hybridized carbons (Fsp3) is 0.450. The number of hydrogen-bond donors (Lipinski definition) is 1. The molecule has 1 aliphatic heterocycles. The second-order valence-electron chi connectivity index (χ2n) is 7.90. The molecule has 0 bridgehead atoms. The van der Waals surface area contributed by atoms with Gasteiger partial charge in [0.25, 0.3) is 15.6 Å². The summed E-state index contributed by atoms with van der Waals surface area (Å²) in [5, 5.41) is 0.748. The Morgan fingerprint density at radius 1 is 1.07 bits per heavy atom. The third kappa shape index (κ3) is 3.29. The quantitative estimate of drug-likeness (QED) is 0.679. The number of aromatic amines is 1. The molecule has 2 aromatic heterocycles. The highest BCUT2D eigenvalue weighted by Gasteiger charge is 2.29. The predicted molar refractivity (Wildman–Crippen MR) is 113 cm³/mol. The van der Waals surface area contributed by atoms with E-state index in [2.05, 4.69) is 19.9 Å². The summed E-state index contributed by atoms with van der Waals surface area (Å²) in [5.41, 5.74) is 1.65. The Labute approximate surface area is 174 Å². The fourth-order valence-corrected chi connectivity index (χ4v) is 5.79. The highest BCUT2D eigenvalue weighted by Crippen LogP contribution is 2.29. The van der Waals surface area contributed by atoms with E-state index in [1.54, 1.807) is 10.9 Å². The topological polar surface area (TPSA) is 104 Å². The summed E-state index contributed by atoms with van der Waals surface area (Å²) < 4.78 is 28.5. The molecule has 1 N–H and O–H groups in total. The molecule has 0 radical (unpaired) electrons. The highest BCUT2D eigenvalue weighted by atomic mass is 32.2. The van der Waals surface area contributed by atoms with Gasteiger partial charge in [0.2, 0.25) is 0 Å². The van der Waals surface area contributed by atoms with Gasteiger partial charge in [-0.3, -0.25) is 9.36 Å². The number of nitrogens with zero attached hydrogens (tertiary/aromatic N) is 5. The van der Waals surface area contributed by atoms with Crippen LogP contribution in [0, 0.1) is 0 Å². The lowest BCUT2D eigenvalue weighted by Crippen LogP contribution is -2.48. The number of fused-ring (bicyclic) bond motifs is 1. The molecule has 158 valence electrons. The minimum Gasteiger partial charge on any atom is -0.369 e. The maximum atomic E-state index is 12.9. The second-order valence-corrected chi connectivity index (χ2v) is 9.81. The Balaban J connectivity index is 1.35. The Hall–Kier alpha value is -2.72. The molecule has 9 nitrogen and oxygen atoms in total. The van der Waals surface area contributed by atoms with Crippen LogP contribution in [0.25, 0.3) is 10.9 Å². The van der Waals surface area contributed by atoms with Crippen molar-refractivity contribution in [3.63, 3.8) is 0 Å². The van der Waals surface area contributed by atoms with Gasteiger partial charge in [-0.15, -0.1) is 0 Å². The Bertz CT molecular complexity index is 1210. The first-order chi connectivity index (χ1) is 14.5. The number of benzene rings is 1. The van der Waals surface area contributed by atoms with E-state index in [9.17, 15) is 13.2 Å². The van der Waals surface area contributed by atoms with Gasteiger partial charge in [0.1, 0.15) is 0 Å². The lowest BCUT2D eigenvalue weighted by atomic mass is 10.2. The molecule has 0 unspecified atom stereocenters. The maximum absolute atomic E-state index is 12.9. The van der Waals surface area contributed by atoms with Crippen LogP contribution in [-0.2, 0) is 10.0 Å². The molecule has 2 fully saturated rings. The van der Waals surface area contributed by atoms with Crippen molar-refractivity contribution < 1.29 is 8.42 Å². The van der Waals surface area contributed by atoms with Crippen molar-refractivity contribution >= 4 is 26.6 Å². The van der Waals surface area contributed by atoms with Crippen LogP contribution in [0.5, 0.6) is 0 Å². The molecule has 1 aromatic carbocycles. The standard InChI is InChI=1S/C20H24N6O3S/c27-20-17-6-5-16(11-18(17)23-14-26(20)15-3-1-2-4-15)24-7-9-25(10-8-24)30(28,29)19-12-21-13-22-19/h5-6,11-15H,1-4,7-10H2,(H,21,22). The summed E-state index contributed by atoms with van der Waals surface area (Å²) in [4.78, 5) is 26.1. The van der Waals surface area contributed by atoms with Crippen LogP contribution in [0.3, 0.4) is 0 Å². The van der Waals surface area contributed by atoms with Crippen LogP contribution in [0.15, 0.2) is 46.9 Å². The van der Waals surface area contributed by atoms with Crippen LogP contribution < -0.4 is 10.5 Å². The Morgan fingerprint density at radius 2 is 1.83 bits per heavy atom. The Morgan fingerprint density at radius 3 is 2.53 bits per heavy atom. The van der Waals surface area contributed by atoms with Crippen LogP contribution in [0.1, 0.15) is 31.7 Å². The number of aromatic nitrogens is 4. The number of piperazine rings is 1. The largest absolute Gasteiger partial charge is 0.369 e. The number of H-pyrrole nitrogens is 1. The first kappa shape index (κ1) is 19.3. The van der Waals surface area contributed by atoms with E-state index in [-0.39, 0.29) is 16.6 Å². The summed E-state index contributed by atoms with van der Waals surface area (Å²) in [5.74, 6) is 0. The van der Waals surface area contributed by atoms with Crippen molar-refractivity contribution in [2.24, 2.45) is 0 Å². The van der Waals surface area contributed by atoms with Gasteiger partial charge in [0.15, 0.2) is 5.03 Å². The second kappa shape index (κ2) is 7.51. The van der Waals surface area contributed by atoms with E-state index in [4.69, 9.17) is 0 Å². The predicted octanol–water partition coefficient (Wildman–Crippen LogP) is 1.75. The molecule has 3 aromatic rings. The Kier molecular flexibility index (Phi) is 4.82. The average Bonchev–Trinajstić information content (AvgIpc) is 3.48. The van der Waals surface area contributed by atoms with Crippen molar-refractivity contribution in [3.8, 4) is 0 Å². The van der Waals surface area contributed by atoms with Crippen molar-refractivity contribution in [2.45, 2.75) is 36.8 Å². The number of sulfonamides is 1. The van der Waals surface area contributed by atoms with Crippen molar-refractivity contribution in [3.05, 3.63) is 47.4 Å². The first-order valence-corrected chi connectivity index (χ1v) is 11.7. The zero-order valence-electron chi connectivity index (χ0n) is 16.6. The molecule has 1 saturated carbocycles. The molecule has 1 saturated heterocycles. The smallest absolute Gasteiger partial charge is 0.261 e. The zero-order chi connectivity index (χ0) is 20.7. The van der Waals surface area contributed by atoms with E-state index in [1.165, 1.54) is 16.8 Å². The van der Waals surface area contributed by atoms with Gasteiger partial charge in [-0.2, -0.15) is 4.31 Å². The summed E-state index contributed by atoms with van der Waals surface area (Å²) in [6.07, 6.45) is 8.78. The van der Waals surface area contributed by atoms with Gasteiger partial charge >= 0.3 is 0 Å². The van der Waals surface area contributed by atoms with Crippen molar-refractivity contribution in [2.75, 3.05) is 31.1 Å². The molecule has 0 amide bonds. The lowest BCUT2D eigenvalue weighted by Gasteiger charge is -2.35. The van der Waals surface area contributed by atoms with E-state index >= 15 is 0 Å². The van der Waals surface area contributed by atoms with Gasteiger partial charge in [0, 0.05) is 37.9 Å². The molecule has 5 rings (SSSR count). The molecule has 0 spiro atoms. The number of hydrogen-bond acceptors (Lipinski definition) is 6. The average molecular weight is 429 g/mol. The molecular weight excluding hydrogens is 404 g/mol. The lowest BCUT2D eigenvalue weighted by molar-refractivity contribution is 0.383. The normalized spacial score (nSPS) is 19.0. The summed E-state index contributed by atoms with van der Waals surface area (Å²) >= 11 is 0. The van der Waals surface area contributed by atoms with Gasteiger partial charge in [0.05, 0.1) is 29.8 Å². The number of anilines is 1. The van der Waals surface area contributed by atoms with E-state index in [1.807, 2.05) is 18.2 Å². The molecule has 1 aliphatic carbocycles. The monoisotopic (exact) mass is 428 g/mol. The number of nitrogens with one attached hydrogen (secondary N) is 1. The third-order valence-corrected chi connectivity index (χ3v) is 8.00. The third-order valence-electron chi connectivity index (χ3n) is 6.18. The molecule has 2 aliphatic rings. The van der Waals surface area contributed by atoms with Gasteiger partial charge < -0.3 is 9.88 Å². The van der Waals surface area contributed by atoms with Gasteiger partial charge in [-0.25, -0.2) is 18.4 Å². The maximum Gasteiger partial charge on any atom is 0.261 e. The zero-order valence-corrected chi connectivity index (χ0v) is 17.4. The molecular formula is C20H24N6O3S. The van der Waals surface area contributed by atoms with Crippen molar-refractivity contribution in [1.29, 1.82) is 0 Å². The van der Waals surface area contributed by atoms with Gasteiger partial charge in [-0.1, -0.05) is 12.8 Å². The van der Waals surface area contributed by atoms with Crippen LogP contribution in [-0.4, -0.2) is 58.4 Å². The highest BCUT2D eigenvalue weighted by molar-refractivity contribution is 7.89. The van der Waals surface area contributed by atoms with Crippen molar-refractivity contribution in [1.82, 2.24) is 23.8 Å². The fourth-order valence-electron chi connectivity index (χ4n) is 4.47.